The van der Waals surface area contributed by atoms with E-state index in [4.69, 9.17) is 9.47 Å². The number of nitrogens with one attached hydrogen (secondary N) is 1. The molecule has 0 aliphatic heterocycles. The number of aromatic nitrogens is 6. The summed E-state index contributed by atoms with van der Waals surface area (Å²) in [6.07, 6.45) is 1.27. The van der Waals surface area contributed by atoms with Crippen LogP contribution in [-0.4, -0.2) is 83.1 Å². The molecule has 1 aliphatic carbocycles. The summed E-state index contributed by atoms with van der Waals surface area (Å²) in [5.74, 6) is -1.00. The molecule has 1 saturated carbocycles. The average Bonchev–Trinajstić information content (AvgIpc) is 3.85. The molecule has 0 bridgehead atoms. The molecule has 2 aromatic carbocycles. The van der Waals surface area contributed by atoms with Crippen LogP contribution in [0.3, 0.4) is 0 Å². The first kappa shape index (κ1) is 37.8. The lowest BCUT2D eigenvalue weighted by molar-refractivity contribution is -0.0388. The van der Waals surface area contributed by atoms with E-state index in [1.807, 2.05) is 0 Å². The zero-order chi connectivity index (χ0) is 39.6. The molecular formula is C38H42FN7O8S. The molecule has 55 heavy (non-hydrogen) atoms. The summed E-state index contributed by atoms with van der Waals surface area (Å²) in [7, 11) is -1.43. The molecule has 1 unspecified atom stereocenters. The molecule has 1 aliphatic rings. The Morgan fingerprint density at radius 1 is 1.09 bits per heavy atom. The molecule has 0 radical (unpaired) electrons. The number of carbonyl (C=O) groups is 1. The third kappa shape index (κ3) is 6.76. The van der Waals surface area contributed by atoms with Crippen molar-refractivity contribution < 1.29 is 37.3 Å². The van der Waals surface area contributed by atoms with Crippen LogP contribution >= 0.6 is 0 Å². The number of hydrogen-bond donors (Lipinski definition) is 3. The number of aryl methyl sites for hydroxylation is 2. The van der Waals surface area contributed by atoms with Gasteiger partial charge in [-0.1, -0.05) is 30.3 Å². The van der Waals surface area contributed by atoms with Gasteiger partial charge in [-0.2, -0.15) is 4.39 Å². The number of carbonyl (C=O) groups excluding carboxylic acids is 1. The Labute approximate surface area is 315 Å². The number of imidazole rings is 1. The largest absolute Gasteiger partial charge is 0.508 e. The summed E-state index contributed by atoms with van der Waals surface area (Å²) >= 11 is 0. The van der Waals surface area contributed by atoms with Crippen LogP contribution in [0.4, 0.5) is 9.18 Å². The minimum atomic E-state index is -4.51. The molecule has 4 heterocycles. The number of phenolic OH excluding ortho intramolecular Hbond substituents is 1. The number of hydrogen-bond acceptors (Lipinski definition) is 10. The number of aliphatic hydroxyl groups excluding tert-OH is 1. The van der Waals surface area contributed by atoms with Gasteiger partial charge < -0.3 is 25.0 Å². The summed E-state index contributed by atoms with van der Waals surface area (Å²) < 4.78 is 62.4. The summed E-state index contributed by atoms with van der Waals surface area (Å²) in [5, 5.41) is 27.2. The van der Waals surface area contributed by atoms with Gasteiger partial charge in [-0.15, -0.1) is 5.10 Å². The summed E-state index contributed by atoms with van der Waals surface area (Å²) in [5.41, 5.74) is -0.269. The highest BCUT2D eigenvalue weighted by molar-refractivity contribution is 7.90. The smallest absolute Gasteiger partial charge is 0.407 e. The van der Waals surface area contributed by atoms with Gasteiger partial charge in [0.25, 0.3) is 10.0 Å². The van der Waals surface area contributed by atoms with Crippen molar-refractivity contribution in [1.82, 2.24) is 33.2 Å². The highest BCUT2D eigenvalue weighted by atomic mass is 32.2. The number of halogens is 1. The molecule has 1 amide bonds. The molecule has 7 rings (SSSR count). The number of ether oxygens (including phenoxy) is 2. The van der Waals surface area contributed by atoms with E-state index in [0.29, 0.717) is 16.6 Å². The second kappa shape index (κ2) is 14.0. The lowest BCUT2D eigenvalue weighted by Gasteiger charge is -2.26. The first-order valence-electron chi connectivity index (χ1n) is 17.7. The molecule has 15 nitrogen and oxygen atoms in total. The van der Waals surface area contributed by atoms with Gasteiger partial charge in [0.1, 0.15) is 11.4 Å². The third-order valence-electron chi connectivity index (χ3n) is 9.68. The molecule has 6 aromatic rings. The minimum absolute atomic E-state index is 0.0592. The molecule has 1 fully saturated rings. The highest BCUT2D eigenvalue weighted by Gasteiger charge is 2.41. The lowest BCUT2D eigenvalue weighted by atomic mass is 9.99. The number of fused-ring (bicyclic) bond motifs is 3. The summed E-state index contributed by atoms with van der Waals surface area (Å²) in [4.78, 5) is 32.0. The number of aliphatic hydroxyl groups is 1. The van der Waals surface area contributed by atoms with Crippen molar-refractivity contribution in [1.29, 1.82) is 0 Å². The van der Waals surface area contributed by atoms with Gasteiger partial charge in [0, 0.05) is 31.9 Å². The van der Waals surface area contributed by atoms with Gasteiger partial charge in [0.2, 0.25) is 5.95 Å². The van der Waals surface area contributed by atoms with E-state index in [9.17, 15) is 28.2 Å². The maximum absolute atomic E-state index is 16.0. The van der Waals surface area contributed by atoms with E-state index in [-0.39, 0.29) is 57.9 Å². The first-order chi connectivity index (χ1) is 26.0. The third-order valence-corrected chi connectivity index (χ3v) is 11.4. The van der Waals surface area contributed by atoms with Crippen LogP contribution in [0, 0.1) is 5.95 Å². The minimum Gasteiger partial charge on any atom is -0.508 e. The molecule has 0 saturated heterocycles. The molecule has 4 atom stereocenters. The number of aromatic hydroxyl groups is 1. The molecular weight excluding hydrogens is 734 g/mol. The van der Waals surface area contributed by atoms with Crippen molar-refractivity contribution in [2.45, 2.75) is 75.3 Å². The highest BCUT2D eigenvalue weighted by Crippen LogP contribution is 2.46. The second-order valence-electron chi connectivity index (χ2n) is 14.8. The fourth-order valence-electron chi connectivity index (χ4n) is 7.37. The van der Waals surface area contributed by atoms with E-state index < -0.39 is 57.6 Å². The van der Waals surface area contributed by atoms with Crippen molar-refractivity contribution in [3.63, 3.8) is 0 Å². The summed E-state index contributed by atoms with van der Waals surface area (Å²) in [6, 6.07) is 12.4. The standard InChI is InChI=1S/C38H42FN7O8S/c1-21(20-47)53-29-17-23(16-27(29)41-36(49)54-38(2,3)4)45-33-28(44(6)37(45)50)18-40-35-31(33)30(22-12-14-24(48)15-13-22)32(26-19-43(5)42-34(26)39)46(35)55(51,52)25-10-8-7-9-11-25/h7-15,18-19,21,23,27,29,47-48H,16-17,20H2,1-6H3,(H,41,49)/t21?,23-,27-,29-/m0/s1. The lowest BCUT2D eigenvalue weighted by Crippen LogP contribution is -2.44. The second-order valence-corrected chi connectivity index (χ2v) is 16.6. The molecule has 4 aromatic heterocycles. The van der Waals surface area contributed by atoms with Gasteiger partial charge in [-0.25, -0.2) is 27.0 Å². The molecule has 290 valence electrons. The Balaban J connectivity index is 1.56. The van der Waals surface area contributed by atoms with Crippen LogP contribution in [0.15, 0.2) is 76.7 Å². The fraction of sp³-hybridized carbons (Fsp3) is 0.368. The number of nitrogens with zero attached hydrogens (tertiary/aromatic N) is 6. The van der Waals surface area contributed by atoms with Gasteiger partial charge in [-0.05, 0) is 70.4 Å². The topological polar surface area (TPSA) is 185 Å². The zero-order valence-corrected chi connectivity index (χ0v) is 31.9. The predicted molar refractivity (Wildman–Crippen MR) is 202 cm³/mol. The van der Waals surface area contributed by atoms with Crippen LogP contribution in [0.1, 0.15) is 46.6 Å². The Kier molecular flexibility index (Phi) is 9.59. The predicted octanol–water partition coefficient (Wildman–Crippen LogP) is 4.83. The fourth-order valence-corrected chi connectivity index (χ4v) is 8.88. The van der Waals surface area contributed by atoms with Gasteiger partial charge in [0.05, 0.1) is 63.6 Å². The Hall–Kier alpha value is -5.52. The van der Waals surface area contributed by atoms with E-state index in [1.54, 1.807) is 69.6 Å². The SMILES string of the molecule is CC(CO)O[C@H]1C[C@@H](n2c(=O)n(C)c3cnc4c(c(-c5ccc(O)cc5)c(-c5cn(C)nc5F)n4S(=O)(=O)c4ccccc4)c32)C[C@@H]1NC(=O)OC(C)(C)C. The van der Waals surface area contributed by atoms with Gasteiger partial charge in [-0.3, -0.25) is 13.8 Å². The van der Waals surface area contributed by atoms with Crippen molar-refractivity contribution in [2.24, 2.45) is 14.1 Å². The Morgan fingerprint density at radius 2 is 1.78 bits per heavy atom. The average molecular weight is 776 g/mol. The number of pyridine rings is 1. The van der Waals surface area contributed by atoms with Crippen molar-refractivity contribution in [2.75, 3.05) is 6.61 Å². The van der Waals surface area contributed by atoms with E-state index in [1.165, 1.54) is 53.0 Å². The maximum Gasteiger partial charge on any atom is 0.407 e. The number of rotatable bonds is 9. The van der Waals surface area contributed by atoms with Crippen molar-refractivity contribution in [3.05, 3.63) is 83.4 Å². The van der Waals surface area contributed by atoms with Crippen LogP contribution in [0.2, 0.25) is 0 Å². The monoisotopic (exact) mass is 775 g/mol. The number of amides is 1. The molecule has 0 spiro atoms. The molecule has 3 N–H and O–H groups in total. The van der Waals surface area contributed by atoms with Crippen LogP contribution in [0.5, 0.6) is 5.75 Å². The van der Waals surface area contributed by atoms with E-state index in [2.05, 4.69) is 15.4 Å². The molecule has 17 heteroatoms. The quantitative estimate of drug-likeness (QED) is 0.184. The van der Waals surface area contributed by atoms with E-state index >= 15 is 4.39 Å². The van der Waals surface area contributed by atoms with E-state index in [0.717, 1.165) is 3.97 Å². The number of benzene rings is 2. The maximum atomic E-state index is 16.0. The normalized spacial score (nSPS) is 18.3. The zero-order valence-electron chi connectivity index (χ0n) is 31.1. The van der Waals surface area contributed by atoms with Gasteiger partial charge >= 0.3 is 11.8 Å². The van der Waals surface area contributed by atoms with Gasteiger partial charge in [0.15, 0.2) is 5.65 Å². The Bertz CT molecular complexity index is 2590. The number of alkyl carbamates (subject to hydrolysis) is 1. The van der Waals surface area contributed by atoms with Crippen molar-refractivity contribution in [3.8, 4) is 28.1 Å². The first-order valence-corrected chi connectivity index (χ1v) is 19.1. The van der Waals surface area contributed by atoms with Crippen LogP contribution in [0.25, 0.3) is 44.5 Å². The Morgan fingerprint density at radius 3 is 2.40 bits per heavy atom. The van der Waals surface area contributed by atoms with Crippen molar-refractivity contribution >= 4 is 38.2 Å². The number of phenols is 1. The van der Waals surface area contributed by atoms with Crippen LogP contribution < -0.4 is 11.0 Å². The summed E-state index contributed by atoms with van der Waals surface area (Å²) in [6.45, 7) is 6.62. The van der Waals surface area contributed by atoms with Crippen LogP contribution in [-0.2, 0) is 33.6 Å².